The fourth-order valence-electron chi connectivity index (χ4n) is 4.21. The number of aryl methyl sites for hydroxylation is 1. The highest BCUT2D eigenvalue weighted by molar-refractivity contribution is 7.99. The average Bonchev–Trinajstić information content (AvgIpc) is 3.11. The van der Waals surface area contributed by atoms with Crippen molar-refractivity contribution in [3.05, 3.63) is 29.8 Å². The van der Waals surface area contributed by atoms with Gasteiger partial charge in [-0.1, -0.05) is 11.8 Å². The lowest BCUT2D eigenvalue weighted by atomic mass is 9.98. The topological polar surface area (TPSA) is 59.7 Å². The zero-order valence-corrected chi connectivity index (χ0v) is 17.6. The highest BCUT2D eigenvalue weighted by atomic mass is 32.2. The standard InChI is InChI=1S/C21H26N4O2S/c1-13-10-16-8-9-17(27-4)11-18(16)25-20(13)22-23-21(25)28-12-19(26)24-14(2)6-5-7-15(24)3/h8-11,14-15H,5-7,12H2,1-4H3/t14-,15+. The second-order valence-electron chi connectivity index (χ2n) is 7.61. The number of benzene rings is 1. The van der Waals surface area contributed by atoms with Gasteiger partial charge in [-0.05, 0) is 69.2 Å². The summed E-state index contributed by atoms with van der Waals surface area (Å²) >= 11 is 1.46. The van der Waals surface area contributed by atoms with Crippen LogP contribution >= 0.6 is 11.8 Å². The summed E-state index contributed by atoms with van der Waals surface area (Å²) in [4.78, 5) is 15.0. The Labute approximate surface area is 169 Å². The molecule has 2 atom stereocenters. The van der Waals surface area contributed by atoms with Gasteiger partial charge >= 0.3 is 0 Å². The van der Waals surface area contributed by atoms with Gasteiger partial charge in [0.1, 0.15) is 5.75 Å². The molecule has 1 amide bonds. The first-order chi connectivity index (χ1) is 13.5. The van der Waals surface area contributed by atoms with Crippen LogP contribution in [0.1, 0.15) is 38.7 Å². The number of amides is 1. The minimum atomic E-state index is 0.177. The number of hydrogen-bond acceptors (Lipinski definition) is 5. The zero-order chi connectivity index (χ0) is 19.8. The highest BCUT2D eigenvalue weighted by Crippen LogP contribution is 2.29. The number of ether oxygens (including phenoxy) is 1. The summed E-state index contributed by atoms with van der Waals surface area (Å²) in [5.74, 6) is 1.33. The molecule has 0 N–H and O–H groups in total. The predicted octanol–water partition coefficient (Wildman–Crippen LogP) is 4.08. The van der Waals surface area contributed by atoms with Crippen molar-refractivity contribution in [2.45, 2.75) is 57.3 Å². The maximum Gasteiger partial charge on any atom is 0.233 e. The van der Waals surface area contributed by atoms with Gasteiger partial charge in [0, 0.05) is 18.2 Å². The summed E-state index contributed by atoms with van der Waals surface area (Å²) in [6, 6.07) is 8.70. The second kappa shape index (κ2) is 7.62. The van der Waals surface area contributed by atoms with Crippen LogP contribution in [0.4, 0.5) is 0 Å². The summed E-state index contributed by atoms with van der Waals surface area (Å²) in [5.41, 5.74) is 2.86. The monoisotopic (exact) mass is 398 g/mol. The van der Waals surface area contributed by atoms with E-state index in [1.54, 1.807) is 7.11 Å². The molecule has 0 saturated carbocycles. The minimum absolute atomic E-state index is 0.177. The molecule has 1 aliphatic heterocycles. The summed E-state index contributed by atoms with van der Waals surface area (Å²) in [5, 5.41) is 10.6. The van der Waals surface area contributed by atoms with Crippen LogP contribution in [0.2, 0.25) is 0 Å². The predicted molar refractivity (Wildman–Crippen MR) is 112 cm³/mol. The molecule has 1 fully saturated rings. The van der Waals surface area contributed by atoms with E-state index in [-0.39, 0.29) is 5.91 Å². The fourth-order valence-corrected chi connectivity index (χ4v) is 5.03. The van der Waals surface area contributed by atoms with Crippen LogP contribution < -0.4 is 4.74 Å². The van der Waals surface area contributed by atoms with Crippen molar-refractivity contribution < 1.29 is 9.53 Å². The molecule has 28 heavy (non-hydrogen) atoms. The number of aromatic nitrogens is 3. The summed E-state index contributed by atoms with van der Waals surface area (Å²) in [6.45, 7) is 6.33. The average molecular weight is 399 g/mol. The lowest BCUT2D eigenvalue weighted by Gasteiger charge is -2.39. The van der Waals surface area contributed by atoms with E-state index in [9.17, 15) is 4.79 Å². The molecule has 1 aromatic carbocycles. The van der Waals surface area contributed by atoms with E-state index in [0.29, 0.717) is 17.8 Å². The lowest BCUT2D eigenvalue weighted by Crippen LogP contribution is -2.48. The van der Waals surface area contributed by atoms with Crippen molar-refractivity contribution in [3.63, 3.8) is 0 Å². The molecule has 0 spiro atoms. The Morgan fingerprint density at radius 2 is 1.96 bits per heavy atom. The Morgan fingerprint density at radius 1 is 1.21 bits per heavy atom. The Bertz CT molecular complexity index is 1020. The van der Waals surface area contributed by atoms with Crippen molar-refractivity contribution in [1.29, 1.82) is 0 Å². The molecule has 2 aromatic heterocycles. The van der Waals surface area contributed by atoms with Gasteiger partial charge in [0.2, 0.25) is 5.91 Å². The van der Waals surface area contributed by atoms with E-state index in [2.05, 4.69) is 30.1 Å². The van der Waals surface area contributed by atoms with Gasteiger partial charge in [0.15, 0.2) is 10.8 Å². The third kappa shape index (κ3) is 3.32. The van der Waals surface area contributed by atoms with Crippen molar-refractivity contribution >= 4 is 34.2 Å². The van der Waals surface area contributed by atoms with Crippen molar-refractivity contribution in [2.75, 3.05) is 12.9 Å². The third-order valence-corrected chi connectivity index (χ3v) is 6.56. The molecule has 6 nitrogen and oxygen atoms in total. The number of carbonyl (C=O) groups excluding carboxylic acids is 1. The molecule has 0 radical (unpaired) electrons. The quantitative estimate of drug-likeness (QED) is 0.620. The molecule has 148 valence electrons. The fraction of sp³-hybridized carbons (Fsp3) is 0.476. The molecule has 1 aliphatic rings. The molecule has 3 heterocycles. The zero-order valence-electron chi connectivity index (χ0n) is 16.8. The molecule has 1 saturated heterocycles. The molecule has 0 bridgehead atoms. The second-order valence-corrected chi connectivity index (χ2v) is 8.55. The van der Waals surface area contributed by atoms with Crippen LogP contribution in [-0.2, 0) is 4.79 Å². The van der Waals surface area contributed by atoms with Gasteiger partial charge < -0.3 is 9.64 Å². The molecule has 7 heteroatoms. The first-order valence-electron chi connectivity index (χ1n) is 9.76. The van der Waals surface area contributed by atoms with Gasteiger partial charge in [0.05, 0.1) is 18.4 Å². The van der Waals surface area contributed by atoms with Crippen LogP contribution in [0.3, 0.4) is 0 Å². The van der Waals surface area contributed by atoms with E-state index < -0.39 is 0 Å². The molecular weight excluding hydrogens is 372 g/mol. The molecule has 0 aliphatic carbocycles. The van der Waals surface area contributed by atoms with Crippen molar-refractivity contribution in [3.8, 4) is 5.75 Å². The number of methoxy groups -OCH3 is 1. The summed E-state index contributed by atoms with van der Waals surface area (Å²) in [7, 11) is 1.66. The first kappa shape index (κ1) is 19.1. The number of hydrogen-bond donors (Lipinski definition) is 0. The van der Waals surface area contributed by atoms with E-state index in [1.807, 2.05) is 34.4 Å². The van der Waals surface area contributed by atoms with Crippen LogP contribution in [-0.4, -0.2) is 50.4 Å². The largest absolute Gasteiger partial charge is 0.497 e. The smallest absolute Gasteiger partial charge is 0.233 e. The van der Waals surface area contributed by atoms with Crippen LogP contribution in [0.25, 0.3) is 16.6 Å². The van der Waals surface area contributed by atoms with E-state index in [1.165, 1.54) is 18.2 Å². The Hall–Kier alpha value is -2.28. The van der Waals surface area contributed by atoms with Crippen molar-refractivity contribution in [2.24, 2.45) is 0 Å². The summed E-state index contributed by atoms with van der Waals surface area (Å²) in [6.07, 6.45) is 3.36. The third-order valence-electron chi connectivity index (χ3n) is 5.64. The number of likely N-dealkylation sites (tertiary alicyclic amines) is 1. The minimum Gasteiger partial charge on any atom is -0.497 e. The van der Waals surface area contributed by atoms with E-state index in [4.69, 9.17) is 4.74 Å². The maximum absolute atomic E-state index is 12.9. The highest BCUT2D eigenvalue weighted by Gasteiger charge is 2.29. The van der Waals surface area contributed by atoms with E-state index >= 15 is 0 Å². The SMILES string of the molecule is COc1ccc2cc(C)c3nnc(SCC(=O)N4[C@H](C)CCC[C@@H]4C)n3c2c1. The molecule has 3 aromatic rings. The molecular formula is C21H26N4O2S. The van der Waals surface area contributed by atoms with Gasteiger partial charge in [-0.15, -0.1) is 10.2 Å². The first-order valence-corrected chi connectivity index (χ1v) is 10.7. The Balaban J connectivity index is 1.66. The van der Waals surface area contributed by atoms with Crippen LogP contribution in [0.5, 0.6) is 5.75 Å². The number of thioether (sulfide) groups is 1. The number of nitrogens with zero attached hydrogens (tertiary/aromatic N) is 4. The van der Waals surface area contributed by atoms with Gasteiger partial charge in [-0.2, -0.15) is 0 Å². The van der Waals surface area contributed by atoms with Gasteiger partial charge in [-0.25, -0.2) is 0 Å². The molecule has 0 unspecified atom stereocenters. The summed E-state index contributed by atoms with van der Waals surface area (Å²) < 4.78 is 7.43. The number of piperidine rings is 1. The van der Waals surface area contributed by atoms with Crippen LogP contribution in [0, 0.1) is 6.92 Å². The number of fused-ring (bicyclic) bond motifs is 3. The van der Waals surface area contributed by atoms with E-state index in [0.717, 1.165) is 45.9 Å². The number of pyridine rings is 1. The van der Waals surface area contributed by atoms with Crippen LogP contribution in [0.15, 0.2) is 29.4 Å². The van der Waals surface area contributed by atoms with Crippen molar-refractivity contribution in [1.82, 2.24) is 19.5 Å². The normalized spacial score (nSPS) is 20.1. The number of carbonyl (C=O) groups is 1. The van der Waals surface area contributed by atoms with Gasteiger partial charge in [0.25, 0.3) is 0 Å². The van der Waals surface area contributed by atoms with Gasteiger partial charge in [-0.3, -0.25) is 9.20 Å². The number of rotatable bonds is 4. The Morgan fingerprint density at radius 3 is 2.68 bits per heavy atom. The molecule has 4 rings (SSSR count). The lowest BCUT2D eigenvalue weighted by molar-refractivity contribution is -0.134. The Kier molecular flexibility index (Phi) is 5.19. The maximum atomic E-state index is 12.9.